The van der Waals surface area contributed by atoms with Crippen LogP contribution in [0.5, 0.6) is 0 Å². The smallest absolute Gasteiger partial charge is 0.190 e. The highest BCUT2D eigenvalue weighted by molar-refractivity contribution is 5.96. The van der Waals surface area contributed by atoms with Gasteiger partial charge in [-0.2, -0.15) is 0 Å². The summed E-state index contributed by atoms with van der Waals surface area (Å²) in [6, 6.07) is 0. The monoisotopic (exact) mass is 194 g/mol. The zero-order valence-electron chi connectivity index (χ0n) is 8.14. The lowest BCUT2D eigenvalue weighted by molar-refractivity contribution is 0.318. The summed E-state index contributed by atoms with van der Waals surface area (Å²) in [4.78, 5) is 4.15. The van der Waals surface area contributed by atoms with Crippen molar-refractivity contribution in [3.05, 3.63) is 17.7 Å². The first kappa shape index (κ1) is 9.05. The third-order valence-corrected chi connectivity index (χ3v) is 2.70. The maximum atomic E-state index is 8.59. The molecule has 0 spiro atoms. The van der Waals surface area contributed by atoms with Gasteiger partial charge in [-0.05, 0) is 18.8 Å². The van der Waals surface area contributed by atoms with E-state index in [0.717, 1.165) is 18.7 Å². The van der Waals surface area contributed by atoms with E-state index in [1.165, 1.54) is 6.42 Å². The lowest BCUT2D eigenvalue weighted by Gasteiger charge is -2.20. The molecule has 76 valence electrons. The van der Waals surface area contributed by atoms with E-state index in [1.54, 1.807) is 6.33 Å². The fourth-order valence-electron chi connectivity index (χ4n) is 1.87. The summed E-state index contributed by atoms with van der Waals surface area (Å²) < 4.78 is 2.08. The lowest BCUT2D eigenvalue weighted by atomic mass is 9.97. The van der Waals surface area contributed by atoms with Crippen molar-refractivity contribution in [1.29, 1.82) is 0 Å². The Hall–Kier alpha value is -1.52. The van der Waals surface area contributed by atoms with E-state index in [0.29, 0.717) is 11.6 Å². The summed E-state index contributed by atoms with van der Waals surface area (Å²) in [5, 5.41) is 11.6. The molecule has 5 nitrogen and oxygen atoms in total. The third kappa shape index (κ3) is 1.34. The summed E-state index contributed by atoms with van der Waals surface area (Å²) in [5.74, 6) is 0.747. The van der Waals surface area contributed by atoms with Crippen LogP contribution < -0.4 is 5.73 Å². The van der Waals surface area contributed by atoms with Crippen LogP contribution in [-0.4, -0.2) is 20.6 Å². The number of amidine groups is 1. The zero-order chi connectivity index (χ0) is 10.1. The van der Waals surface area contributed by atoms with Crippen LogP contribution in [0.25, 0.3) is 0 Å². The van der Waals surface area contributed by atoms with Crippen molar-refractivity contribution in [2.24, 2.45) is 16.8 Å². The highest BCUT2D eigenvalue weighted by atomic mass is 16.4. The molecule has 0 aliphatic carbocycles. The third-order valence-electron chi connectivity index (χ3n) is 2.70. The minimum Gasteiger partial charge on any atom is -0.409 e. The first-order valence-electron chi connectivity index (χ1n) is 4.74. The van der Waals surface area contributed by atoms with Crippen molar-refractivity contribution in [3.8, 4) is 0 Å². The summed E-state index contributed by atoms with van der Waals surface area (Å²) in [7, 11) is 0. The van der Waals surface area contributed by atoms with Crippen LogP contribution in [0.2, 0.25) is 0 Å². The fourth-order valence-corrected chi connectivity index (χ4v) is 1.87. The Morgan fingerprint density at radius 2 is 2.57 bits per heavy atom. The maximum absolute atomic E-state index is 8.59. The zero-order valence-corrected chi connectivity index (χ0v) is 8.14. The molecule has 1 unspecified atom stereocenters. The van der Waals surface area contributed by atoms with E-state index in [1.807, 2.05) is 0 Å². The Kier molecular flexibility index (Phi) is 2.15. The maximum Gasteiger partial charge on any atom is 0.190 e. The first-order chi connectivity index (χ1) is 6.72. The van der Waals surface area contributed by atoms with Crippen LogP contribution in [0.4, 0.5) is 0 Å². The topological polar surface area (TPSA) is 76.4 Å². The largest absolute Gasteiger partial charge is 0.409 e. The Bertz CT molecular complexity index is 369. The standard InChI is InChI=1S/C9H14N4O/c1-6-2-3-13-5-11-8(7(13)4-6)9(10)12-14/h5-6,14H,2-4H2,1H3,(H2,10,12). The molecule has 1 aliphatic heterocycles. The van der Waals surface area contributed by atoms with Gasteiger partial charge < -0.3 is 15.5 Å². The average molecular weight is 194 g/mol. The van der Waals surface area contributed by atoms with Crippen molar-refractivity contribution in [1.82, 2.24) is 9.55 Å². The first-order valence-corrected chi connectivity index (χ1v) is 4.74. The Labute approximate surface area is 82.2 Å². The van der Waals surface area contributed by atoms with E-state index < -0.39 is 0 Å². The Morgan fingerprint density at radius 3 is 3.29 bits per heavy atom. The summed E-state index contributed by atoms with van der Waals surface area (Å²) in [6.45, 7) is 3.18. The molecule has 0 bridgehead atoms. The van der Waals surface area contributed by atoms with Gasteiger partial charge in [-0.1, -0.05) is 12.1 Å². The van der Waals surface area contributed by atoms with E-state index in [2.05, 4.69) is 21.6 Å². The molecule has 2 heterocycles. The van der Waals surface area contributed by atoms with Crippen molar-refractivity contribution in [3.63, 3.8) is 0 Å². The molecule has 5 heteroatoms. The van der Waals surface area contributed by atoms with Crippen LogP contribution in [0, 0.1) is 5.92 Å². The number of hydrogen-bond acceptors (Lipinski definition) is 3. The second-order valence-electron chi connectivity index (χ2n) is 3.82. The number of fused-ring (bicyclic) bond motifs is 1. The molecule has 3 N–H and O–H groups in total. The van der Waals surface area contributed by atoms with Gasteiger partial charge >= 0.3 is 0 Å². The molecular formula is C9H14N4O. The molecule has 1 aliphatic rings. The molecule has 0 fully saturated rings. The van der Waals surface area contributed by atoms with Gasteiger partial charge in [0, 0.05) is 12.2 Å². The predicted octanol–water partition coefficient (Wildman–Crippen LogP) is 0.560. The minimum absolute atomic E-state index is 0.104. The van der Waals surface area contributed by atoms with Gasteiger partial charge in [-0.25, -0.2) is 4.98 Å². The fraction of sp³-hybridized carbons (Fsp3) is 0.556. The summed E-state index contributed by atoms with van der Waals surface area (Å²) in [6.07, 6.45) is 3.87. The van der Waals surface area contributed by atoms with Gasteiger partial charge in [-0.3, -0.25) is 0 Å². The van der Waals surface area contributed by atoms with Crippen LogP contribution in [0.15, 0.2) is 11.5 Å². The lowest BCUT2D eigenvalue weighted by Crippen LogP contribution is -2.21. The van der Waals surface area contributed by atoms with Gasteiger partial charge in [0.25, 0.3) is 0 Å². The molecule has 1 aromatic rings. The summed E-state index contributed by atoms with van der Waals surface area (Å²) >= 11 is 0. The second-order valence-corrected chi connectivity index (χ2v) is 3.82. The van der Waals surface area contributed by atoms with Crippen molar-refractivity contribution < 1.29 is 5.21 Å². The number of rotatable bonds is 1. The molecule has 0 radical (unpaired) electrons. The van der Waals surface area contributed by atoms with Gasteiger partial charge in [0.05, 0.1) is 6.33 Å². The van der Waals surface area contributed by atoms with E-state index >= 15 is 0 Å². The number of aryl methyl sites for hydroxylation is 1. The SMILES string of the molecule is CC1CCn2cnc(/C(N)=N\O)c2C1. The van der Waals surface area contributed by atoms with Crippen LogP contribution >= 0.6 is 0 Å². The molecular weight excluding hydrogens is 180 g/mol. The second kappa shape index (κ2) is 3.32. The summed E-state index contributed by atoms with van der Waals surface area (Å²) in [5.41, 5.74) is 7.24. The number of nitrogens with zero attached hydrogens (tertiary/aromatic N) is 3. The molecule has 0 saturated carbocycles. The van der Waals surface area contributed by atoms with Gasteiger partial charge in [0.2, 0.25) is 0 Å². The van der Waals surface area contributed by atoms with Gasteiger partial charge in [0.15, 0.2) is 5.84 Å². The van der Waals surface area contributed by atoms with Crippen LogP contribution in [0.3, 0.4) is 0 Å². The van der Waals surface area contributed by atoms with Gasteiger partial charge in [-0.15, -0.1) is 0 Å². The van der Waals surface area contributed by atoms with E-state index in [9.17, 15) is 0 Å². The Balaban J connectivity index is 2.40. The number of aromatic nitrogens is 2. The quantitative estimate of drug-likeness (QED) is 0.297. The molecule has 0 amide bonds. The van der Waals surface area contributed by atoms with E-state index in [-0.39, 0.29) is 5.84 Å². The molecule has 0 saturated heterocycles. The van der Waals surface area contributed by atoms with E-state index in [4.69, 9.17) is 10.9 Å². The number of hydrogen-bond donors (Lipinski definition) is 2. The number of imidazole rings is 1. The number of nitrogens with two attached hydrogens (primary N) is 1. The van der Waals surface area contributed by atoms with Gasteiger partial charge in [0.1, 0.15) is 5.69 Å². The number of oxime groups is 1. The van der Waals surface area contributed by atoms with Crippen molar-refractivity contribution in [2.45, 2.75) is 26.3 Å². The van der Waals surface area contributed by atoms with Crippen molar-refractivity contribution >= 4 is 5.84 Å². The highest BCUT2D eigenvalue weighted by Gasteiger charge is 2.21. The molecule has 0 aromatic carbocycles. The molecule has 1 atom stereocenters. The molecule has 14 heavy (non-hydrogen) atoms. The van der Waals surface area contributed by atoms with Crippen LogP contribution in [-0.2, 0) is 13.0 Å². The highest BCUT2D eigenvalue weighted by Crippen LogP contribution is 2.21. The normalized spacial score (nSPS) is 22.1. The predicted molar refractivity (Wildman–Crippen MR) is 52.2 cm³/mol. The van der Waals surface area contributed by atoms with Crippen molar-refractivity contribution in [2.75, 3.05) is 0 Å². The minimum atomic E-state index is 0.104. The molecule has 2 rings (SSSR count). The Morgan fingerprint density at radius 1 is 1.79 bits per heavy atom. The van der Waals surface area contributed by atoms with Crippen LogP contribution in [0.1, 0.15) is 24.7 Å². The molecule has 1 aromatic heterocycles. The average Bonchev–Trinajstić information content (AvgIpc) is 2.59.